The number of ether oxygens (including phenoxy) is 1. The Balaban J connectivity index is 1.51. The van der Waals surface area contributed by atoms with E-state index in [4.69, 9.17) is 4.74 Å². The van der Waals surface area contributed by atoms with Crippen molar-refractivity contribution in [3.63, 3.8) is 0 Å². The van der Waals surface area contributed by atoms with E-state index in [0.717, 1.165) is 43.9 Å². The number of para-hydroxylation sites is 1. The third-order valence-electron chi connectivity index (χ3n) is 4.92. The first-order chi connectivity index (χ1) is 11.2. The maximum Gasteiger partial charge on any atom is 0.170 e. The van der Waals surface area contributed by atoms with Crippen molar-refractivity contribution in [2.45, 2.75) is 38.5 Å². The summed E-state index contributed by atoms with van der Waals surface area (Å²) < 4.78 is 8.43. The Morgan fingerprint density at radius 2 is 2.22 bits per heavy atom. The van der Waals surface area contributed by atoms with Crippen LogP contribution < -0.4 is 4.74 Å². The Morgan fingerprint density at radius 1 is 1.35 bits per heavy atom. The van der Waals surface area contributed by atoms with Crippen molar-refractivity contribution in [3.05, 3.63) is 48.0 Å². The van der Waals surface area contributed by atoms with Crippen LogP contribution in [0.3, 0.4) is 0 Å². The van der Waals surface area contributed by atoms with Gasteiger partial charge in [0.15, 0.2) is 5.78 Å². The van der Waals surface area contributed by atoms with Gasteiger partial charge in [-0.2, -0.15) is 0 Å². The van der Waals surface area contributed by atoms with Crippen LogP contribution in [0, 0.1) is 0 Å². The molecule has 1 atom stereocenters. The summed E-state index contributed by atoms with van der Waals surface area (Å²) >= 11 is 0. The molecule has 23 heavy (non-hydrogen) atoms. The van der Waals surface area contributed by atoms with Gasteiger partial charge >= 0.3 is 0 Å². The third-order valence-corrected chi connectivity index (χ3v) is 4.92. The second-order valence-electron chi connectivity index (χ2n) is 6.51. The lowest BCUT2D eigenvalue weighted by molar-refractivity contribution is 0.0454. The number of fused-ring (bicyclic) bond motifs is 1. The van der Waals surface area contributed by atoms with E-state index >= 15 is 0 Å². The molecule has 0 N–H and O–H groups in total. The van der Waals surface area contributed by atoms with Gasteiger partial charge in [-0.05, 0) is 19.1 Å². The molecule has 5 heteroatoms. The van der Waals surface area contributed by atoms with Crippen LogP contribution in [0.1, 0.15) is 35.8 Å². The highest BCUT2D eigenvalue weighted by molar-refractivity contribution is 6.00. The van der Waals surface area contributed by atoms with Crippen LogP contribution >= 0.6 is 0 Å². The fraction of sp³-hybridized carbons (Fsp3) is 0.444. The Morgan fingerprint density at radius 3 is 3.09 bits per heavy atom. The smallest absolute Gasteiger partial charge is 0.170 e. The number of aryl methyl sites for hydroxylation is 1. The average molecular weight is 311 g/mol. The minimum Gasteiger partial charge on any atom is -0.485 e. The van der Waals surface area contributed by atoms with Gasteiger partial charge in [-0.15, -0.1) is 0 Å². The molecule has 1 aromatic carbocycles. The largest absolute Gasteiger partial charge is 0.485 e. The lowest BCUT2D eigenvalue weighted by atomic mass is 9.89. The van der Waals surface area contributed by atoms with Crippen molar-refractivity contribution in [1.29, 1.82) is 0 Å². The molecule has 3 heterocycles. The SMILES string of the molecule is CCn1cncc1CN1CC[C@@]2(CC(=O)c3ccccc3O2)C1. The number of ketones is 1. The molecule has 1 saturated heterocycles. The van der Waals surface area contributed by atoms with Gasteiger partial charge in [-0.3, -0.25) is 9.69 Å². The average Bonchev–Trinajstić information content (AvgIpc) is 3.15. The van der Waals surface area contributed by atoms with Crippen LogP contribution in [0.25, 0.3) is 0 Å². The Bertz CT molecular complexity index is 739. The molecule has 120 valence electrons. The number of Topliss-reactive ketones (excluding diaryl/α,β-unsaturated/α-hetero) is 1. The molecule has 2 aromatic rings. The van der Waals surface area contributed by atoms with Crippen LogP contribution in [-0.2, 0) is 13.1 Å². The van der Waals surface area contributed by atoms with E-state index in [1.54, 1.807) is 0 Å². The second-order valence-corrected chi connectivity index (χ2v) is 6.51. The van der Waals surface area contributed by atoms with Crippen LogP contribution in [0.2, 0.25) is 0 Å². The van der Waals surface area contributed by atoms with E-state index in [2.05, 4.69) is 21.4 Å². The lowest BCUT2D eigenvalue weighted by Gasteiger charge is -2.34. The molecule has 1 aromatic heterocycles. The number of hydrogen-bond donors (Lipinski definition) is 0. The summed E-state index contributed by atoms with van der Waals surface area (Å²) in [4.78, 5) is 19.1. The number of rotatable bonds is 3. The van der Waals surface area contributed by atoms with Crippen LogP contribution in [0.15, 0.2) is 36.8 Å². The highest BCUT2D eigenvalue weighted by Gasteiger charge is 2.45. The third kappa shape index (κ3) is 2.55. The molecule has 0 amide bonds. The summed E-state index contributed by atoms with van der Waals surface area (Å²) in [6, 6.07) is 7.59. The number of carbonyl (C=O) groups excluding carboxylic acids is 1. The molecule has 0 saturated carbocycles. The predicted molar refractivity (Wildman–Crippen MR) is 86.5 cm³/mol. The molecule has 1 spiro atoms. The zero-order chi connectivity index (χ0) is 15.9. The van der Waals surface area contributed by atoms with Gasteiger partial charge in [-0.25, -0.2) is 4.98 Å². The molecular formula is C18H21N3O2. The van der Waals surface area contributed by atoms with Gasteiger partial charge in [0.05, 0.1) is 24.0 Å². The van der Waals surface area contributed by atoms with Gasteiger partial charge in [0, 0.05) is 38.8 Å². The molecule has 0 bridgehead atoms. The molecule has 1 fully saturated rings. The first-order valence-electron chi connectivity index (χ1n) is 8.22. The molecular weight excluding hydrogens is 290 g/mol. The van der Waals surface area contributed by atoms with Crippen molar-refractivity contribution < 1.29 is 9.53 Å². The summed E-state index contributed by atoms with van der Waals surface area (Å²) in [6.07, 6.45) is 5.18. The van der Waals surface area contributed by atoms with Crippen molar-refractivity contribution in [3.8, 4) is 5.75 Å². The minimum atomic E-state index is -0.359. The van der Waals surface area contributed by atoms with Crippen LogP contribution in [0.5, 0.6) is 5.75 Å². The van der Waals surface area contributed by atoms with Crippen LogP contribution in [-0.4, -0.2) is 38.9 Å². The van der Waals surface area contributed by atoms with Crippen LogP contribution in [0.4, 0.5) is 0 Å². The number of carbonyl (C=O) groups is 1. The summed E-state index contributed by atoms with van der Waals surface area (Å²) in [7, 11) is 0. The molecule has 0 radical (unpaired) electrons. The first-order valence-corrected chi connectivity index (χ1v) is 8.22. The molecule has 2 aliphatic heterocycles. The van der Waals surface area contributed by atoms with E-state index in [-0.39, 0.29) is 11.4 Å². The van der Waals surface area contributed by atoms with Crippen molar-refractivity contribution >= 4 is 5.78 Å². The fourth-order valence-electron chi connectivity index (χ4n) is 3.73. The molecule has 5 nitrogen and oxygen atoms in total. The Kier molecular flexibility index (Phi) is 3.45. The number of imidazole rings is 1. The molecule has 0 unspecified atom stereocenters. The summed E-state index contributed by atoms with van der Waals surface area (Å²) in [5, 5.41) is 0. The number of nitrogens with zero attached hydrogens (tertiary/aromatic N) is 3. The summed E-state index contributed by atoms with van der Waals surface area (Å²) in [5.41, 5.74) is 1.58. The van der Waals surface area contributed by atoms with Crippen molar-refractivity contribution in [2.24, 2.45) is 0 Å². The van der Waals surface area contributed by atoms with E-state index in [9.17, 15) is 4.79 Å². The van der Waals surface area contributed by atoms with Gasteiger partial charge in [-0.1, -0.05) is 12.1 Å². The molecule has 0 aliphatic carbocycles. The van der Waals surface area contributed by atoms with Crippen molar-refractivity contribution in [1.82, 2.24) is 14.5 Å². The number of aromatic nitrogens is 2. The Labute approximate surface area is 135 Å². The lowest BCUT2D eigenvalue weighted by Crippen LogP contribution is -2.44. The van der Waals surface area contributed by atoms with Gasteiger partial charge < -0.3 is 9.30 Å². The van der Waals surface area contributed by atoms with E-state index in [1.807, 2.05) is 36.8 Å². The number of hydrogen-bond acceptors (Lipinski definition) is 4. The zero-order valence-electron chi connectivity index (χ0n) is 13.4. The highest BCUT2D eigenvalue weighted by atomic mass is 16.5. The maximum absolute atomic E-state index is 12.5. The zero-order valence-corrected chi connectivity index (χ0v) is 13.4. The first kappa shape index (κ1) is 14.5. The topological polar surface area (TPSA) is 47.4 Å². The quantitative estimate of drug-likeness (QED) is 0.874. The normalized spacial score (nSPS) is 24.0. The molecule has 2 aliphatic rings. The predicted octanol–water partition coefficient (Wildman–Crippen LogP) is 2.51. The van der Waals surface area contributed by atoms with Crippen molar-refractivity contribution in [2.75, 3.05) is 13.1 Å². The summed E-state index contributed by atoms with van der Waals surface area (Å²) in [6.45, 7) is 5.65. The van der Waals surface area contributed by atoms with Gasteiger partial charge in [0.1, 0.15) is 11.4 Å². The highest BCUT2D eigenvalue weighted by Crippen LogP contribution is 2.38. The summed E-state index contributed by atoms with van der Waals surface area (Å²) in [5.74, 6) is 0.941. The maximum atomic E-state index is 12.5. The van der Waals surface area contributed by atoms with E-state index in [1.165, 1.54) is 5.69 Å². The minimum absolute atomic E-state index is 0.201. The number of benzene rings is 1. The fourth-order valence-corrected chi connectivity index (χ4v) is 3.73. The standard InChI is InChI=1S/C18H21N3O2/c1-2-21-13-19-10-14(21)11-20-8-7-18(12-20)9-16(22)15-5-3-4-6-17(15)23-18/h3-6,10,13H,2,7-9,11-12H2,1H3/t18-/m1/s1. The second kappa shape index (κ2) is 5.49. The number of likely N-dealkylation sites (tertiary alicyclic amines) is 1. The van der Waals surface area contributed by atoms with Gasteiger partial charge in [0.25, 0.3) is 0 Å². The van der Waals surface area contributed by atoms with E-state index < -0.39 is 0 Å². The van der Waals surface area contributed by atoms with E-state index in [0.29, 0.717) is 6.42 Å². The molecule has 4 rings (SSSR count). The van der Waals surface area contributed by atoms with Gasteiger partial charge in [0.2, 0.25) is 0 Å². The monoisotopic (exact) mass is 311 g/mol. The Hall–Kier alpha value is -2.14.